The summed E-state index contributed by atoms with van der Waals surface area (Å²) in [6.45, 7) is 2.02. The third kappa shape index (κ3) is 6.31. The van der Waals surface area contributed by atoms with Crippen LogP contribution in [0.3, 0.4) is 0 Å². The summed E-state index contributed by atoms with van der Waals surface area (Å²) in [5, 5.41) is 0. The average Bonchev–Trinajstić information content (AvgIpc) is 2.42. The normalized spacial score (nSPS) is 11.0. The lowest BCUT2D eigenvalue weighted by atomic mass is 10.1. The molecule has 0 heterocycles. The van der Waals surface area contributed by atoms with Gasteiger partial charge in [-0.3, -0.25) is 0 Å². The second-order valence-corrected chi connectivity index (χ2v) is 4.06. The highest BCUT2D eigenvalue weighted by molar-refractivity contribution is 5.90. The van der Waals surface area contributed by atoms with Gasteiger partial charge >= 0.3 is 12.1 Å². The van der Waals surface area contributed by atoms with Gasteiger partial charge in [-0.15, -0.1) is 0 Å². The van der Waals surface area contributed by atoms with E-state index < -0.39 is 18.8 Å². The number of carbonyl (C=O) groups is 1. The highest BCUT2D eigenvalue weighted by Crippen LogP contribution is 2.20. The molecule has 0 spiro atoms. The van der Waals surface area contributed by atoms with E-state index in [1.165, 1.54) is 31.4 Å². The minimum atomic E-state index is -4.40. The van der Waals surface area contributed by atoms with E-state index in [9.17, 15) is 18.0 Å². The monoisotopic (exact) mass is 304 g/mol. The van der Waals surface area contributed by atoms with E-state index >= 15 is 0 Å². The van der Waals surface area contributed by atoms with Crippen LogP contribution < -0.4 is 4.74 Å². The SMILES string of the molecule is C=CCOc1cc(COCC(F)(F)F)cc(C(=O)OC)c1. The molecule has 21 heavy (non-hydrogen) atoms. The Balaban J connectivity index is 2.85. The van der Waals surface area contributed by atoms with Crippen molar-refractivity contribution < 1.29 is 32.2 Å². The van der Waals surface area contributed by atoms with E-state index in [1.807, 2.05) is 0 Å². The summed E-state index contributed by atoms with van der Waals surface area (Å²) in [5.74, 6) is -0.292. The molecule has 0 unspecified atom stereocenters. The lowest BCUT2D eigenvalue weighted by molar-refractivity contribution is -0.176. The van der Waals surface area contributed by atoms with E-state index in [0.717, 1.165) is 0 Å². The molecule has 0 fully saturated rings. The molecule has 0 N–H and O–H groups in total. The number of esters is 1. The Labute approximate surface area is 120 Å². The maximum atomic E-state index is 12.0. The van der Waals surface area contributed by atoms with Gasteiger partial charge in [0.15, 0.2) is 0 Å². The summed E-state index contributed by atoms with van der Waals surface area (Å²) in [7, 11) is 1.21. The lowest BCUT2D eigenvalue weighted by Crippen LogP contribution is -2.16. The highest BCUT2D eigenvalue weighted by Gasteiger charge is 2.27. The van der Waals surface area contributed by atoms with Crippen LogP contribution in [-0.2, 0) is 16.1 Å². The standard InChI is InChI=1S/C14H15F3O4/c1-3-4-21-12-6-10(8-20-9-14(15,16)17)5-11(7-12)13(18)19-2/h3,5-7H,1,4,8-9H2,2H3. The first-order chi connectivity index (χ1) is 9.85. The van der Waals surface area contributed by atoms with Crippen molar-refractivity contribution in [1.82, 2.24) is 0 Å². The topological polar surface area (TPSA) is 44.8 Å². The maximum absolute atomic E-state index is 12.0. The van der Waals surface area contributed by atoms with Gasteiger partial charge in [0, 0.05) is 0 Å². The Morgan fingerprint density at radius 3 is 2.62 bits per heavy atom. The minimum absolute atomic E-state index is 0.171. The van der Waals surface area contributed by atoms with Gasteiger partial charge in [-0.05, 0) is 23.8 Å². The summed E-state index contributed by atoms with van der Waals surface area (Å²) >= 11 is 0. The van der Waals surface area contributed by atoms with Crippen molar-refractivity contribution in [2.24, 2.45) is 0 Å². The largest absolute Gasteiger partial charge is 0.490 e. The van der Waals surface area contributed by atoms with Gasteiger partial charge in [0.25, 0.3) is 0 Å². The second kappa shape index (κ2) is 7.68. The van der Waals surface area contributed by atoms with E-state index in [4.69, 9.17) is 4.74 Å². The molecule has 4 nitrogen and oxygen atoms in total. The van der Waals surface area contributed by atoms with E-state index in [0.29, 0.717) is 11.3 Å². The molecular weight excluding hydrogens is 289 g/mol. The molecule has 0 saturated carbocycles. The molecule has 0 saturated heterocycles. The fraction of sp³-hybridized carbons (Fsp3) is 0.357. The molecule has 0 radical (unpaired) electrons. The summed E-state index contributed by atoms with van der Waals surface area (Å²) in [5.41, 5.74) is 0.547. The van der Waals surface area contributed by atoms with Gasteiger partial charge in [-0.25, -0.2) is 4.79 Å². The molecule has 0 atom stereocenters. The van der Waals surface area contributed by atoms with Crippen LogP contribution >= 0.6 is 0 Å². The fourth-order valence-corrected chi connectivity index (χ4v) is 1.50. The van der Waals surface area contributed by atoms with Crippen molar-refractivity contribution >= 4 is 5.97 Å². The van der Waals surface area contributed by atoms with E-state index in [1.54, 1.807) is 0 Å². The van der Waals surface area contributed by atoms with Gasteiger partial charge in [-0.2, -0.15) is 13.2 Å². The van der Waals surface area contributed by atoms with Gasteiger partial charge in [0.1, 0.15) is 19.0 Å². The first-order valence-corrected chi connectivity index (χ1v) is 5.96. The van der Waals surface area contributed by atoms with Gasteiger partial charge in [0.2, 0.25) is 0 Å². The van der Waals surface area contributed by atoms with Crippen molar-refractivity contribution in [3.05, 3.63) is 42.0 Å². The lowest BCUT2D eigenvalue weighted by Gasteiger charge is -2.11. The van der Waals surface area contributed by atoms with Crippen molar-refractivity contribution in [1.29, 1.82) is 0 Å². The Morgan fingerprint density at radius 1 is 1.33 bits per heavy atom. The zero-order valence-electron chi connectivity index (χ0n) is 11.4. The second-order valence-electron chi connectivity index (χ2n) is 4.06. The van der Waals surface area contributed by atoms with Crippen LogP contribution in [-0.4, -0.2) is 32.5 Å². The number of ether oxygens (including phenoxy) is 3. The van der Waals surface area contributed by atoms with Crippen molar-refractivity contribution in [2.75, 3.05) is 20.3 Å². The molecule has 7 heteroatoms. The Kier molecular flexibility index (Phi) is 6.23. The molecule has 1 aromatic carbocycles. The first-order valence-electron chi connectivity index (χ1n) is 5.96. The summed E-state index contributed by atoms with van der Waals surface area (Å²) in [6.07, 6.45) is -2.90. The van der Waals surface area contributed by atoms with E-state index in [-0.39, 0.29) is 18.8 Å². The van der Waals surface area contributed by atoms with Gasteiger partial charge in [0.05, 0.1) is 19.3 Å². The van der Waals surface area contributed by atoms with Crippen LogP contribution in [0.1, 0.15) is 15.9 Å². The number of rotatable bonds is 7. The molecule has 116 valence electrons. The zero-order chi connectivity index (χ0) is 15.9. The molecule has 0 aromatic heterocycles. The minimum Gasteiger partial charge on any atom is -0.490 e. The number of hydrogen-bond acceptors (Lipinski definition) is 4. The molecule has 0 aliphatic heterocycles. The van der Waals surface area contributed by atoms with Crippen LogP contribution in [0.2, 0.25) is 0 Å². The third-order valence-corrected chi connectivity index (χ3v) is 2.29. The molecule has 0 aliphatic carbocycles. The summed E-state index contributed by atoms with van der Waals surface area (Å²) in [4.78, 5) is 11.5. The predicted molar refractivity (Wildman–Crippen MR) is 69.2 cm³/mol. The summed E-state index contributed by atoms with van der Waals surface area (Å²) in [6, 6.07) is 4.32. The van der Waals surface area contributed by atoms with Crippen LogP contribution in [0.5, 0.6) is 5.75 Å². The zero-order valence-corrected chi connectivity index (χ0v) is 11.4. The number of alkyl halides is 3. The van der Waals surface area contributed by atoms with E-state index in [2.05, 4.69) is 16.1 Å². The number of carbonyl (C=O) groups excluding carboxylic acids is 1. The van der Waals surface area contributed by atoms with Crippen molar-refractivity contribution in [3.8, 4) is 5.75 Å². The molecule has 1 rings (SSSR count). The number of hydrogen-bond donors (Lipinski definition) is 0. The molecule has 0 amide bonds. The maximum Gasteiger partial charge on any atom is 0.411 e. The quantitative estimate of drug-likeness (QED) is 0.573. The van der Waals surface area contributed by atoms with Crippen LogP contribution in [0.25, 0.3) is 0 Å². The summed E-state index contributed by atoms with van der Waals surface area (Å²) < 4.78 is 50.5. The van der Waals surface area contributed by atoms with Crippen LogP contribution in [0.4, 0.5) is 13.2 Å². The molecular formula is C14H15F3O4. The first kappa shape index (κ1) is 17.0. The number of halogens is 3. The third-order valence-electron chi connectivity index (χ3n) is 2.29. The predicted octanol–water partition coefficient (Wildman–Crippen LogP) is 3.12. The Morgan fingerprint density at radius 2 is 2.05 bits per heavy atom. The molecule has 0 aliphatic rings. The van der Waals surface area contributed by atoms with Crippen molar-refractivity contribution in [3.63, 3.8) is 0 Å². The number of methoxy groups -OCH3 is 1. The van der Waals surface area contributed by atoms with Gasteiger partial charge in [-0.1, -0.05) is 12.7 Å². The molecule has 1 aromatic rings. The average molecular weight is 304 g/mol. The highest BCUT2D eigenvalue weighted by atomic mass is 19.4. The van der Waals surface area contributed by atoms with Gasteiger partial charge < -0.3 is 14.2 Å². The van der Waals surface area contributed by atoms with Crippen LogP contribution in [0.15, 0.2) is 30.9 Å². The van der Waals surface area contributed by atoms with Crippen molar-refractivity contribution in [2.45, 2.75) is 12.8 Å². The number of benzene rings is 1. The fourth-order valence-electron chi connectivity index (χ4n) is 1.50. The smallest absolute Gasteiger partial charge is 0.411 e. The van der Waals surface area contributed by atoms with Crippen LogP contribution in [0, 0.1) is 0 Å². The Bertz CT molecular complexity index is 497. The molecule has 0 bridgehead atoms. The Hall–Kier alpha value is -2.02.